The third-order valence-electron chi connectivity index (χ3n) is 2.73. The summed E-state index contributed by atoms with van der Waals surface area (Å²) in [7, 11) is 0. The zero-order valence-electron chi connectivity index (χ0n) is 12.6. The van der Waals surface area contributed by atoms with E-state index in [-0.39, 0.29) is 5.97 Å². The monoisotopic (exact) mass is 295 g/mol. The second kappa shape index (κ2) is 9.83. The van der Waals surface area contributed by atoms with Gasteiger partial charge in [0.2, 0.25) is 0 Å². The Morgan fingerprint density at radius 3 is 2.90 bits per heavy atom. The Hall–Kier alpha value is -1.00. The molecule has 20 heavy (non-hydrogen) atoms. The van der Waals surface area contributed by atoms with Crippen molar-refractivity contribution in [3.05, 3.63) is 29.8 Å². The second-order valence-electron chi connectivity index (χ2n) is 5.05. The molecule has 0 aromatic heterocycles. The van der Waals surface area contributed by atoms with Crippen molar-refractivity contribution in [1.82, 2.24) is 5.32 Å². The van der Waals surface area contributed by atoms with Crippen LogP contribution in [0.4, 0.5) is 0 Å². The summed E-state index contributed by atoms with van der Waals surface area (Å²) in [4.78, 5) is 12.6. The fourth-order valence-electron chi connectivity index (χ4n) is 1.58. The highest BCUT2D eigenvalue weighted by molar-refractivity contribution is 8.00. The number of rotatable bonds is 9. The van der Waals surface area contributed by atoms with Gasteiger partial charge in [-0.15, -0.1) is 11.8 Å². The smallest absolute Gasteiger partial charge is 0.316 e. The Labute approximate surface area is 126 Å². The summed E-state index contributed by atoms with van der Waals surface area (Å²) in [5.41, 5.74) is 1.24. The third kappa shape index (κ3) is 7.56. The lowest BCUT2D eigenvalue weighted by Crippen LogP contribution is -2.21. The van der Waals surface area contributed by atoms with Gasteiger partial charge < -0.3 is 10.1 Å². The molecule has 1 aromatic rings. The lowest BCUT2D eigenvalue weighted by molar-refractivity contribution is -0.140. The van der Waals surface area contributed by atoms with E-state index < -0.39 is 0 Å². The molecule has 0 atom stereocenters. The summed E-state index contributed by atoms with van der Waals surface area (Å²) < 4.78 is 5.14. The van der Waals surface area contributed by atoms with Gasteiger partial charge >= 0.3 is 5.97 Å². The van der Waals surface area contributed by atoms with Gasteiger partial charge in [0.1, 0.15) is 0 Å². The molecule has 1 aromatic carbocycles. The normalized spacial score (nSPS) is 10.8. The molecule has 0 radical (unpaired) electrons. The van der Waals surface area contributed by atoms with Crippen LogP contribution < -0.4 is 5.32 Å². The van der Waals surface area contributed by atoms with E-state index in [1.807, 2.05) is 12.1 Å². The molecule has 0 saturated heterocycles. The van der Waals surface area contributed by atoms with Crippen LogP contribution >= 0.6 is 11.8 Å². The Bertz CT molecular complexity index is 407. The molecular formula is C16H25NO2S. The van der Waals surface area contributed by atoms with E-state index >= 15 is 0 Å². The van der Waals surface area contributed by atoms with Crippen LogP contribution in [-0.4, -0.2) is 24.4 Å². The predicted molar refractivity (Wildman–Crippen MR) is 85.0 cm³/mol. The zero-order chi connectivity index (χ0) is 14.8. The van der Waals surface area contributed by atoms with Crippen molar-refractivity contribution in [2.24, 2.45) is 0 Å². The first-order valence-electron chi connectivity index (χ1n) is 7.22. The molecule has 0 bridgehead atoms. The molecule has 0 fully saturated rings. The number of esters is 1. The molecule has 0 heterocycles. The lowest BCUT2D eigenvalue weighted by Gasteiger charge is -2.09. The minimum absolute atomic E-state index is 0.130. The highest BCUT2D eigenvalue weighted by atomic mass is 32.2. The van der Waals surface area contributed by atoms with Gasteiger partial charge in [-0.05, 0) is 24.1 Å². The molecular weight excluding hydrogens is 270 g/mol. The average Bonchev–Trinajstić information content (AvgIpc) is 2.44. The van der Waals surface area contributed by atoms with E-state index in [1.54, 1.807) is 0 Å². The Kier molecular flexibility index (Phi) is 8.38. The molecule has 0 aliphatic rings. The van der Waals surface area contributed by atoms with Gasteiger partial charge in [0.05, 0.1) is 12.4 Å². The van der Waals surface area contributed by atoms with E-state index in [2.05, 4.69) is 38.2 Å². The minimum Gasteiger partial charge on any atom is -0.465 e. The number of hydrogen-bond donors (Lipinski definition) is 1. The molecule has 1 N–H and O–H groups in total. The van der Waals surface area contributed by atoms with E-state index in [9.17, 15) is 4.79 Å². The first-order valence-corrected chi connectivity index (χ1v) is 8.21. The van der Waals surface area contributed by atoms with Crippen molar-refractivity contribution >= 4 is 17.7 Å². The van der Waals surface area contributed by atoms with Gasteiger partial charge in [-0.3, -0.25) is 4.79 Å². The Morgan fingerprint density at radius 2 is 2.20 bits per heavy atom. The Morgan fingerprint density at radius 1 is 1.40 bits per heavy atom. The van der Waals surface area contributed by atoms with Crippen LogP contribution in [0.2, 0.25) is 0 Å². The molecule has 0 aliphatic heterocycles. The fraction of sp³-hybridized carbons (Fsp3) is 0.562. The first kappa shape index (κ1) is 17.1. The number of unbranched alkanes of at least 4 members (excludes halogenated alkanes) is 1. The van der Waals surface area contributed by atoms with E-state index in [1.165, 1.54) is 17.3 Å². The number of carbonyl (C=O) groups excluding carboxylic acids is 1. The number of benzene rings is 1. The quantitative estimate of drug-likeness (QED) is 0.429. The highest BCUT2D eigenvalue weighted by Crippen LogP contribution is 2.19. The van der Waals surface area contributed by atoms with Gasteiger partial charge in [0, 0.05) is 17.5 Å². The molecule has 0 amide bonds. The van der Waals surface area contributed by atoms with Crippen molar-refractivity contribution in [3.8, 4) is 0 Å². The summed E-state index contributed by atoms with van der Waals surface area (Å²) in [5, 5.41) is 3.39. The Balaban J connectivity index is 2.36. The molecule has 1 rings (SSSR count). The van der Waals surface area contributed by atoms with E-state index in [0.29, 0.717) is 18.4 Å². The number of nitrogens with one attached hydrogen (secondary N) is 1. The van der Waals surface area contributed by atoms with Crippen LogP contribution in [0.15, 0.2) is 29.2 Å². The topological polar surface area (TPSA) is 38.3 Å². The zero-order valence-corrected chi connectivity index (χ0v) is 13.5. The maximum atomic E-state index is 11.5. The van der Waals surface area contributed by atoms with Crippen LogP contribution in [-0.2, 0) is 16.1 Å². The maximum Gasteiger partial charge on any atom is 0.316 e. The van der Waals surface area contributed by atoms with Crippen LogP contribution in [0.25, 0.3) is 0 Å². The summed E-state index contributed by atoms with van der Waals surface area (Å²) in [6.07, 6.45) is 1.98. The fourth-order valence-corrected chi connectivity index (χ4v) is 2.36. The number of thioether (sulfide) groups is 1. The lowest BCUT2D eigenvalue weighted by atomic mass is 10.2. The van der Waals surface area contributed by atoms with E-state index in [0.717, 1.165) is 24.3 Å². The first-order chi connectivity index (χ1) is 9.61. The summed E-state index contributed by atoms with van der Waals surface area (Å²) in [5.74, 6) is 0.249. The second-order valence-corrected chi connectivity index (χ2v) is 6.09. The maximum absolute atomic E-state index is 11.5. The van der Waals surface area contributed by atoms with Crippen molar-refractivity contribution in [3.63, 3.8) is 0 Å². The molecule has 0 saturated carbocycles. The van der Waals surface area contributed by atoms with Crippen LogP contribution in [0.3, 0.4) is 0 Å². The standard InChI is InChI=1S/C16H25NO2S/c1-4-5-9-19-16(18)12-20-15-8-6-7-14(10-15)11-17-13(2)3/h6-8,10,13,17H,4-5,9,11-12H2,1-3H3. The van der Waals surface area contributed by atoms with Gasteiger partial charge in [-0.2, -0.15) is 0 Å². The van der Waals surface area contributed by atoms with Crippen molar-refractivity contribution in [2.75, 3.05) is 12.4 Å². The summed E-state index contributed by atoms with van der Waals surface area (Å²) >= 11 is 1.53. The van der Waals surface area contributed by atoms with Gasteiger partial charge in [0.25, 0.3) is 0 Å². The third-order valence-corrected chi connectivity index (χ3v) is 3.70. The number of hydrogen-bond acceptors (Lipinski definition) is 4. The van der Waals surface area contributed by atoms with Crippen molar-refractivity contribution in [1.29, 1.82) is 0 Å². The molecule has 0 spiro atoms. The predicted octanol–water partition coefficient (Wildman–Crippen LogP) is 3.62. The molecule has 0 aliphatic carbocycles. The van der Waals surface area contributed by atoms with Crippen molar-refractivity contribution in [2.45, 2.75) is 51.1 Å². The SMILES string of the molecule is CCCCOC(=O)CSc1cccc(CNC(C)C)c1. The number of carbonyl (C=O) groups is 1. The summed E-state index contributed by atoms with van der Waals surface area (Å²) in [6, 6.07) is 8.75. The van der Waals surface area contributed by atoms with Gasteiger partial charge in [-0.1, -0.05) is 39.3 Å². The van der Waals surface area contributed by atoms with Gasteiger partial charge in [0.15, 0.2) is 0 Å². The van der Waals surface area contributed by atoms with Crippen LogP contribution in [0.1, 0.15) is 39.2 Å². The average molecular weight is 295 g/mol. The summed E-state index contributed by atoms with van der Waals surface area (Å²) in [6.45, 7) is 7.73. The molecule has 4 heteroatoms. The number of ether oxygens (including phenoxy) is 1. The molecule has 112 valence electrons. The van der Waals surface area contributed by atoms with Gasteiger partial charge in [-0.25, -0.2) is 0 Å². The van der Waals surface area contributed by atoms with E-state index in [4.69, 9.17) is 4.74 Å². The van der Waals surface area contributed by atoms with Crippen molar-refractivity contribution < 1.29 is 9.53 Å². The highest BCUT2D eigenvalue weighted by Gasteiger charge is 2.04. The molecule has 0 unspecified atom stereocenters. The largest absolute Gasteiger partial charge is 0.465 e. The molecule has 3 nitrogen and oxygen atoms in total. The van der Waals surface area contributed by atoms with Crippen LogP contribution in [0.5, 0.6) is 0 Å². The van der Waals surface area contributed by atoms with Crippen LogP contribution in [0, 0.1) is 0 Å². The minimum atomic E-state index is -0.130.